The van der Waals surface area contributed by atoms with Crippen LogP contribution in [0.3, 0.4) is 0 Å². The fourth-order valence-corrected chi connectivity index (χ4v) is 8.07. The molecule has 13 heteroatoms. The fraction of sp³-hybridized carbons (Fsp3) is 0.308. The fourth-order valence-electron chi connectivity index (χ4n) is 7.71. The van der Waals surface area contributed by atoms with Gasteiger partial charge in [-0.05, 0) is 101 Å². The molecule has 0 radical (unpaired) electrons. The molecule has 7 rings (SSSR count). The van der Waals surface area contributed by atoms with E-state index in [4.69, 9.17) is 37.8 Å². The quantitative estimate of drug-likeness (QED) is 0.116. The number of nitrogens with two attached hydrogens (primary N) is 1. The third-order valence-corrected chi connectivity index (χ3v) is 11.1. The average Bonchev–Trinajstić information content (AvgIpc) is 3.78. The van der Waals surface area contributed by atoms with Crippen molar-refractivity contribution < 1.29 is 24.5 Å². The first kappa shape index (κ1) is 35.6. The number of methoxy groups -OCH3 is 1. The number of hydrogen-bond donors (Lipinski definition) is 2. The Morgan fingerprint density at radius 1 is 1.06 bits per heavy atom. The summed E-state index contributed by atoms with van der Waals surface area (Å²) in [7, 11) is 3.45. The number of carbonyl (C=O) groups is 2. The minimum atomic E-state index is -0.693. The summed E-state index contributed by atoms with van der Waals surface area (Å²) in [6.45, 7) is 10.8. The average molecular weight is 744 g/mol. The van der Waals surface area contributed by atoms with E-state index in [2.05, 4.69) is 16.5 Å². The monoisotopic (exact) mass is 742 g/mol. The van der Waals surface area contributed by atoms with Crippen LogP contribution in [0.25, 0.3) is 32.9 Å². The molecular formula is C39H40Cl2N6O5. The highest BCUT2D eigenvalue weighted by molar-refractivity contribution is 6.35. The van der Waals surface area contributed by atoms with Crippen LogP contribution in [0.2, 0.25) is 10.0 Å². The van der Waals surface area contributed by atoms with E-state index in [1.165, 1.54) is 7.11 Å². The molecule has 0 saturated heterocycles. The third-order valence-electron chi connectivity index (χ3n) is 10.2. The van der Waals surface area contributed by atoms with Crippen LogP contribution in [-0.2, 0) is 13.5 Å². The van der Waals surface area contributed by atoms with Crippen molar-refractivity contribution in [2.24, 2.45) is 7.05 Å². The number of nitrogens with one attached hydrogen (secondary N) is 1. The predicted octanol–water partition coefficient (Wildman–Crippen LogP) is 7.51. The summed E-state index contributed by atoms with van der Waals surface area (Å²) < 4.78 is 15.8. The highest BCUT2D eigenvalue weighted by Crippen LogP contribution is 2.46. The summed E-state index contributed by atoms with van der Waals surface area (Å²) in [5.41, 5.74) is 9.35. The maximum absolute atomic E-state index is 15.0. The van der Waals surface area contributed by atoms with Gasteiger partial charge in [-0.25, -0.2) is 4.79 Å². The van der Waals surface area contributed by atoms with E-state index in [0.717, 1.165) is 60.9 Å². The minimum Gasteiger partial charge on any atom is -0.628 e. The lowest BCUT2D eigenvalue weighted by molar-refractivity contribution is -0.482. The number of aromatic amines is 1. The lowest BCUT2D eigenvalue weighted by Gasteiger charge is -2.34. The highest BCUT2D eigenvalue weighted by atomic mass is 35.5. The Bertz CT molecular complexity index is 2400. The predicted molar refractivity (Wildman–Crippen MR) is 204 cm³/mol. The van der Waals surface area contributed by atoms with Gasteiger partial charge in [0.15, 0.2) is 0 Å². The van der Waals surface area contributed by atoms with Crippen molar-refractivity contribution in [3.63, 3.8) is 0 Å². The number of benzene rings is 3. The highest BCUT2D eigenvalue weighted by Gasteiger charge is 2.37. The van der Waals surface area contributed by atoms with E-state index >= 15 is 4.79 Å². The zero-order chi connectivity index (χ0) is 37.2. The number of amides is 2. The molecule has 1 aliphatic rings. The summed E-state index contributed by atoms with van der Waals surface area (Å²) in [6, 6.07) is 12.8. The van der Waals surface area contributed by atoms with Gasteiger partial charge in [0.05, 0.1) is 41.2 Å². The molecule has 1 atom stereocenters. The van der Waals surface area contributed by atoms with Gasteiger partial charge in [0, 0.05) is 52.3 Å². The largest absolute Gasteiger partial charge is 0.628 e. The lowest BCUT2D eigenvalue weighted by Crippen LogP contribution is -2.81. The molecular weight excluding hydrogens is 703 g/mol. The van der Waals surface area contributed by atoms with Gasteiger partial charge in [-0.1, -0.05) is 29.3 Å². The van der Waals surface area contributed by atoms with E-state index in [0.29, 0.717) is 59.0 Å². The maximum Gasteiger partial charge on any atom is 0.358 e. The van der Waals surface area contributed by atoms with Gasteiger partial charge in [-0.2, -0.15) is 5.10 Å². The first-order chi connectivity index (χ1) is 24.9. The molecule has 270 valence electrons. The van der Waals surface area contributed by atoms with Gasteiger partial charge in [-0.3, -0.25) is 9.48 Å². The molecule has 0 fully saturated rings. The maximum atomic E-state index is 15.0. The molecule has 0 bridgehead atoms. The molecule has 1 aliphatic heterocycles. The molecule has 0 spiro atoms. The second kappa shape index (κ2) is 13.6. The number of carbonyl (C=O) groups excluding carboxylic acids is 2. The van der Waals surface area contributed by atoms with Crippen molar-refractivity contribution in [2.75, 3.05) is 25.2 Å². The minimum absolute atomic E-state index is 0.121. The summed E-state index contributed by atoms with van der Waals surface area (Å²) in [4.78, 5) is 32.3. The zero-order valence-corrected chi connectivity index (χ0v) is 31.6. The molecule has 2 amide bonds. The van der Waals surface area contributed by atoms with Gasteiger partial charge in [-0.15, -0.1) is 0 Å². The van der Waals surface area contributed by atoms with Crippen LogP contribution in [-0.4, -0.2) is 51.4 Å². The van der Waals surface area contributed by atoms with Crippen LogP contribution in [0, 0.1) is 32.9 Å². The van der Waals surface area contributed by atoms with Crippen LogP contribution in [0.1, 0.15) is 68.4 Å². The number of anilines is 1. The van der Waals surface area contributed by atoms with Crippen molar-refractivity contribution in [1.82, 2.24) is 19.3 Å². The lowest BCUT2D eigenvalue weighted by atomic mass is 9.98. The number of halogens is 2. The van der Waals surface area contributed by atoms with Crippen LogP contribution in [0.4, 0.5) is 5.69 Å². The standard InChI is InChI=1S/C39H40Cl2N6O5/c1-19-15-24(16-20(2)34(19)41)52-14-8-9-25-26-10-11-28(40)33(32-22(4)43-45(6)23(32)5)36(26)47-21(3)18-46(39(49)37(25)47)30-12-13-31(51-7)27-17-29(38(48)44-50)42-35(27)30/h10-13,15-17,21,42H,8-9,14,18,44H2,1-7H3/t21-/m1/s1. The zero-order valence-electron chi connectivity index (χ0n) is 30.1. The third kappa shape index (κ3) is 5.72. The topological polar surface area (TPSA) is 134 Å². The molecule has 3 aromatic carbocycles. The van der Waals surface area contributed by atoms with E-state index in [1.807, 2.05) is 69.8 Å². The second-order valence-corrected chi connectivity index (χ2v) is 14.3. The number of aryl methyl sites for hydroxylation is 5. The van der Waals surface area contributed by atoms with Gasteiger partial charge in [0.1, 0.15) is 22.9 Å². The van der Waals surface area contributed by atoms with Gasteiger partial charge < -0.3 is 34.6 Å². The van der Waals surface area contributed by atoms with Crippen molar-refractivity contribution in [2.45, 2.75) is 53.5 Å². The smallest absolute Gasteiger partial charge is 0.358 e. The number of hydroxylamine groups is 1. The Hall–Kier alpha value is -4.81. The molecule has 3 aromatic heterocycles. The Kier molecular flexibility index (Phi) is 9.33. The van der Waals surface area contributed by atoms with Crippen LogP contribution in [0.15, 0.2) is 42.5 Å². The molecule has 0 unspecified atom stereocenters. The van der Waals surface area contributed by atoms with Crippen LogP contribution >= 0.6 is 23.2 Å². The number of aromatic nitrogens is 4. The van der Waals surface area contributed by atoms with Crippen molar-refractivity contribution in [3.05, 3.63) is 97.2 Å². The number of quaternary nitrogens is 1. The second-order valence-electron chi connectivity index (χ2n) is 13.5. The number of ether oxygens (including phenoxy) is 2. The van der Waals surface area contributed by atoms with Gasteiger partial charge >= 0.3 is 5.91 Å². The van der Waals surface area contributed by atoms with E-state index < -0.39 is 5.91 Å². The van der Waals surface area contributed by atoms with Crippen molar-refractivity contribution >= 4 is 62.5 Å². The molecule has 0 saturated carbocycles. The molecule has 11 nitrogen and oxygen atoms in total. The number of nitrogens with zero attached hydrogens (tertiary/aromatic N) is 4. The summed E-state index contributed by atoms with van der Waals surface area (Å²) >= 11 is 13.5. The first-order valence-electron chi connectivity index (χ1n) is 17.1. The number of fused-ring (bicyclic) bond motifs is 4. The van der Waals surface area contributed by atoms with E-state index in [9.17, 15) is 10.0 Å². The van der Waals surface area contributed by atoms with Gasteiger partial charge in [0.2, 0.25) is 0 Å². The Balaban J connectivity index is 1.38. The molecule has 4 heterocycles. The SMILES string of the molecule is COc1ccc(N2C[C@@H](C)n3c(c(CCCOc4cc(C)c(Cl)c(C)c4)c4ccc(Cl)c(-c5c(C)nn(C)c5C)c43)C2=O)c2[nH]c(C(=O)[NH2+][O-])cc12. The number of primary amides is 1. The summed E-state index contributed by atoms with van der Waals surface area (Å²) in [5, 5.41) is 19.0. The molecule has 3 N–H and O–H groups in total. The van der Waals surface area contributed by atoms with Crippen LogP contribution < -0.4 is 19.9 Å². The normalized spacial score (nSPS) is 14.5. The van der Waals surface area contributed by atoms with E-state index in [1.54, 1.807) is 17.0 Å². The Labute approximate surface area is 311 Å². The summed E-state index contributed by atoms with van der Waals surface area (Å²) in [5.74, 6) is 0.374. The molecule has 52 heavy (non-hydrogen) atoms. The molecule has 6 aromatic rings. The number of hydrogen-bond acceptors (Lipinski definition) is 6. The Morgan fingerprint density at radius 3 is 2.44 bits per heavy atom. The number of rotatable bonds is 9. The van der Waals surface area contributed by atoms with Gasteiger partial charge in [0.25, 0.3) is 5.91 Å². The Morgan fingerprint density at radius 2 is 1.79 bits per heavy atom. The van der Waals surface area contributed by atoms with Crippen molar-refractivity contribution in [3.8, 4) is 22.6 Å². The van der Waals surface area contributed by atoms with Crippen LogP contribution in [0.5, 0.6) is 11.5 Å². The summed E-state index contributed by atoms with van der Waals surface area (Å²) in [6.07, 6.45) is 1.19. The number of H-pyrrole nitrogens is 1. The van der Waals surface area contributed by atoms with E-state index in [-0.39, 0.29) is 23.1 Å². The first-order valence-corrected chi connectivity index (χ1v) is 17.9. The molecule has 0 aliphatic carbocycles. The van der Waals surface area contributed by atoms with Crippen molar-refractivity contribution in [1.29, 1.82) is 0 Å².